The second-order valence-electron chi connectivity index (χ2n) is 2.79. The van der Waals surface area contributed by atoms with Gasteiger partial charge in [0.05, 0.1) is 0 Å². The molecule has 0 spiro atoms. The monoisotopic (exact) mass is 364 g/mol. The van der Waals surface area contributed by atoms with E-state index in [-0.39, 0.29) is 60.2 Å². The number of hydrogen-bond donors (Lipinski definition) is 0. The second-order valence-corrected chi connectivity index (χ2v) is 2.79. The first-order chi connectivity index (χ1) is 3.46. The van der Waals surface area contributed by atoms with Crippen LogP contribution in [0.4, 0.5) is 0 Å². The van der Waals surface area contributed by atoms with Crippen molar-refractivity contribution < 1.29 is 26.2 Å². The topological polar surface area (TPSA) is 0 Å². The Morgan fingerprint density at radius 2 is 0.727 bits per heavy atom. The van der Waals surface area contributed by atoms with Gasteiger partial charge in [-0.15, -0.1) is 34.0 Å². The molecule has 0 amide bonds. The maximum Gasteiger partial charge on any atom is 2.00 e. The van der Waals surface area contributed by atoms with E-state index >= 15 is 0 Å². The molecule has 0 rings (SSSR count). The van der Waals surface area contributed by atoms with Crippen LogP contribution in [0.15, 0.2) is 0 Å². The summed E-state index contributed by atoms with van der Waals surface area (Å²) in [5, 5.41) is 0. The molecule has 0 aromatic carbocycles. The van der Waals surface area contributed by atoms with Crippen molar-refractivity contribution in [3.63, 3.8) is 0 Å². The predicted octanol–water partition coefficient (Wildman–Crippen LogP) is 4.11. The fraction of sp³-hybridized carbons (Fsp3) is 0.750. The number of rotatable bonds is 0. The standard InChI is InChI=1S/2C4H9.2BrH.Zr/c2*1-4(2)3;;;/h2*4H,1H2,2-3H3;2*1H;/q2*-1;;;+2. The maximum absolute atomic E-state index is 3.64. The maximum atomic E-state index is 3.64. The van der Waals surface area contributed by atoms with Crippen LogP contribution in [0.1, 0.15) is 27.7 Å². The van der Waals surface area contributed by atoms with Crippen LogP contribution in [0.2, 0.25) is 0 Å². The molecule has 0 aromatic heterocycles. The van der Waals surface area contributed by atoms with Crippen molar-refractivity contribution >= 4 is 34.0 Å². The summed E-state index contributed by atoms with van der Waals surface area (Å²) in [6.45, 7) is 15.5. The van der Waals surface area contributed by atoms with Crippen molar-refractivity contribution in [3.8, 4) is 0 Å². The normalized spacial score (nSPS) is 6.55. The van der Waals surface area contributed by atoms with Crippen molar-refractivity contribution in [1.82, 2.24) is 0 Å². The number of halogens is 2. The predicted molar refractivity (Wildman–Crippen MR) is 61.0 cm³/mol. The summed E-state index contributed by atoms with van der Waals surface area (Å²) in [4.78, 5) is 0. The van der Waals surface area contributed by atoms with Crippen LogP contribution in [0.3, 0.4) is 0 Å². The van der Waals surface area contributed by atoms with Gasteiger partial charge in [0.1, 0.15) is 0 Å². The molecule has 0 atom stereocenters. The molecule has 0 aromatic rings. The Labute approximate surface area is 113 Å². The van der Waals surface area contributed by atoms with Gasteiger partial charge >= 0.3 is 26.2 Å². The summed E-state index contributed by atoms with van der Waals surface area (Å²) >= 11 is 0. The third-order valence-electron chi connectivity index (χ3n) is 0. The van der Waals surface area contributed by atoms with Crippen LogP contribution >= 0.6 is 34.0 Å². The molecule has 0 aliphatic carbocycles. The van der Waals surface area contributed by atoms with E-state index in [4.69, 9.17) is 0 Å². The molecule has 0 aliphatic heterocycles. The summed E-state index contributed by atoms with van der Waals surface area (Å²) in [7, 11) is 0. The van der Waals surface area contributed by atoms with Gasteiger partial charge in [0.25, 0.3) is 0 Å². The zero-order chi connectivity index (χ0) is 7.15. The fourth-order valence-corrected chi connectivity index (χ4v) is 0. The molecule has 70 valence electrons. The Balaban J connectivity index is -0.0000000171. The molecule has 0 nitrogen and oxygen atoms in total. The van der Waals surface area contributed by atoms with Gasteiger partial charge in [-0.3, -0.25) is 0 Å². The van der Waals surface area contributed by atoms with E-state index < -0.39 is 0 Å². The van der Waals surface area contributed by atoms with Gasteiger partial charge in [-0.1, -0.05) is 27.7 Å². The first-order valence-corrected chi connectivity index (χ1v) is 3.13. The van der Waals surface area contributed by atoms with E-state index in [0.29, 0.717) is 11.8 Å². The minimum absolute atomic E-state index is 0. The Morgan fingerprint density at radius 3 is 0.727 bits per heavy atom. The van der Waals surface area contributed by atoms with Crippen LogP contribution in [0.5, 0.6) is 0 Å². The molecule has 0 bridgehead atoms. The van der Waals surface area contributed by atoms with E-state index in [2.05, 4.69) is 41.5 Å². The summed E-state index contributed by atoms with van der Waals surface area (Å²) in [6, 6.07) is 0. The molecule has 0 N–H and O–H groups in total. The first-order valence-electron chi connectivity index (χ1n) is 3.13. The fourth-order valence-electron chi connectivity index (χ4n) is 0. The van der Waals surface area contributed by atoms with Crippen LogP contribution in [0, 0.1) is 25.7 Å². The second kappa shape index (κ2) is 22.6. The third-order valence-corrected chi connectivity index (χ3v) is 0. The molecule has 0 aliphatic rings. The van der Waals surface area contributed by atoms with E-state index in [1.807, 2.05) is 0 Å². The van der Waals surface area contributed by atoms with Crippen LogP contribution in [-0.4, -0.2) is 0 Å². The van der Waals surface area contributed by atoms with Gasteiger partial charge in [0.2, 0.25) is 0 Å². The van der Waals surface area contributed by atoms with Gasteiger partial charge < -0.3 is 13.8 Å². The van der Waals surface area contributed by atoms with Gasteiger partial charge in [-0.2, -0.15) is 11.8 Å². The summed E-state index contributed by atoms with van der Waals surface area (Å²) < 4.78 is 0. The third kappa shape index (κ3) is 338. The smallest absolute Gasteiger partial charge is 0.341 e. The van der Waals surface area contributed by atoms with Crippen molar-refractivity contribution in [2.75, 3.05) is 0 Å². The quantitative estimate of drug-likeness (QED) is 0.566. The zero-order valence-electron chi connectivity index (χ0n) is 7.89. The Kier molecular flexibility index (Phi) is 60.3. The van der Waals surface area contributed by atoms with E-state index in [1.165, 1.54) is 0 Å². The van der Waals surface area contributed by atoms with E-state index in [0.717, 1.165) is 0 Å². The van der Waals surface area contributed by atoms with Crippen molar-refractivity contribution in [2.24, 2.45) is 11.8 Å². The molecular formula is C8H20Br2Zr. The van der Waals surface area contributed by atoms with Crippen LogP contribution < -0.4 is 0 Å². The van der Waals surface area contributed by atoms with Crippen molar-refractivity contribution in [1.29, 1.82) is 0 Å². The molecular weight excluding hydrogens is 347 g/mol. The average molecular weight is 367 g/mol. The summed E-state index contributed by atoms with van der Waals surface area (Å²) in [5.74, 6) is 1.17. The van der Waals surface area contributed by atoms with Gasteiger partial charge in [-0.05, 0) is 0 Å². The van der Waals surface area contributed by atoms with Crippen LogP contribution in [-0.2, 0) is 26.2 Å². The number of hydrogen-bond acceptors (Lipinski definition) is 0. The van der Waals surface area contributed by atoms with Crippen LogP contribution in [0.25, 0.3) is 0 Å². The largest absolute Gasteiger partial charge is 2.00 e. The molecule has 0 saturated heterocycles. The average Bonchev–Trinajstić information content (AvgIpc) is 1.25. The first kappa shape index (κ1) is 29.3. The minimum atomic E-state index is 0. The van der Waals surface area contributed by atoms with Gasteiger partial charge in [-0.25, -0.2) is 0 Å². The molecule has 0 fully saturated rings. The van der Waals surface area contributed by atoms with Gasteiger partial charge in [0.15, 0.2) is 0 Å². The Hall–Kier alpha value is 1.84. The van der Waals surface area contributed by atoms with Gasteiger partial charge in [0, 0.05) is 0 Å². The van der Waals surface area contributed by atoms with Crippen molar-refractivity contribution in [3.05, 3.63) is 13.8 Å². The Bertz CT molecular complexity index is 27.6. The molecule has 0 saturated carbocycles. The molecule has 3 heteroatoms. The van der Waals surface area contributed by atoms with Crippen molar-refractivity contribution in [2.45, 2.75) is 27.7 Å². The summed E-state index contributed by atoms with van der Waals surface area (Å²) in [6.07, 6.45) is 0. The molecule has 11 heavy (non-hydrogen) atoms. The SMILES string of the molecule is Br.Br.[CH2-]C(C)C.[CH2-]C(C)C.[Zr+2]. The van der Waals surface area contributed by atoms with E-state index in [1.54, 1.807) is 0 Å². The molecule has 0 heterocycles. The Morgan fingerprint density at radius 1 is 0.727 bits per heavy atom. The zero-order valence-corrected chi connectivity index (χ0v) is 13.8. The van der Waals surface area contributed by atoms with E-state index in [9.17, 15) is 0 Å². The summed E-state index contributed by atoms with van der Waals surface area (Å²) in [5.41, 5.74) is 0. The molecule has 0 radical (unpaired) electrons. The minimum Gasteiger partial charge on any atom is -0.341 e. The molecule has 0 unspecified atom stereocenters.